The summed E-state index contributed by atoms with van der Waals surface area (Å²) in [6.45, 7) is 8.95. The van der Waals surface area contributed by atoms with E-state index in [2.05, 4.69) is 25.7 Å². The number of hydrogen-bond acceptors (Lipinski definition) is 4. The van der Waals surface area contributed by atoms with Gasteiger partial charge in [0.1, 0.15) is 0 Å². The highest BCUT2D eigenvalue weighted by atomic mass is 32.1. The van der Waals surface area contributed by atoms with Gasteiger partial charge in [0.15, 0.2) is 5.13 Å². The summed E-state index contributed by atoms with van der Waals surface area (Å²) < 4.78 is 0. The van der Waals surface area contributed by atoms with Crippen LogP contribution in [0.4, 0.5) is 5.13 Å². The first-order valence-electron chi connectivity index (χ1n) is 8.01. The summed E-state index contributed by atoms with van der Waals surface area (Å²) in [5.41, 5.74) is 1.09. The highest BCUT2D eigenvalue weighted by Crippen LogP contribution is 2.33. The lowest BCUT2D eigenvalue weighted by Crippen LogP contribution is -2.24. The van der Waals surface area contributed by atoms with Crippen LogP contribution in [0, 0.1) is 5.92 Å². The van der Waals surface area contributed by atoms with Crippen LogP contribution >= 0.6 is 11.3 Å². The largest absolute Gasteiger partial charge is 0.391 e. The van der Waals surface area contributed by atoms with Gasteiger partial charge in [0, 0.05) is 13.1 Å². The van der Waals surface area contributed by atoms with Gasteiger partial charge >= 0.3 is 0 Å². The molecule has 1 aromatic rings. The van der Waals surface area contributed by atoms with Crippen molar-refractivity contribution in [3.05, 3.63) is 10.6 Å². The molecule has 0 saturated carbocycles. The first-order chi connectivity index (χ1) is 9.65. The SMILES string of the molecule is CCCC1CCCN(c2nc(C(C)C)c(CO)s2)CC1. The Balaban J connectivity index is 2.07. The highest BCUT2D eigenvalue weighted by Gasteiger charge is 2.21. The van der Waals surface area contributed by atoms with E-state index in [1.165, 1.54) is 32.1 Å². The van der Waals surface area contributed by atoms with E-state index in [9.17, 15) is 5.11 Å². The molecule has 114 valence electrons. The van der Waals surface area contributed by atoms with Crippen LogP contribution in [-0.2, 0) is 6.61 Å². The van der Waals surface area contributed by atoms with Crippen molar-refractivity contribution in [2.45, 2.75) is 65.4 Å². The zero-order chi connectivity index (χ0) is 14.5. The van der Waals surface area contributed by atoms with Crippen LogP contribution in [0.3, 0.4) is 0 Å². The molecule has 20 heavy (non-hydrogen) atoms. The Kier molecular flexibility index (Phi) is 5.85. The Morgan fingerprint density at radius 2 is 2.15 bits per heavy atom. The molecular weight excluding hydrogens is 268 g/mol. The van der Waals surface area contributed by atoms with Gasteiger partial charge in [-0.25, -0.2) is 4.98 Å². The van der Waals surface area contributed by atoms with Crippen LogP contribution in [0.5, 0.6) is 0 Å². The molecular formula is C16H28N2OS. The predicted octanol–water partition coefficient (Wildman–Crippen LogP) is 4.17. The summed E-state index contributed by atoms with van der Waals surface area (Å²) in [6, 6.07) is 0. The van der Waals surface area contributed by atoms with E-state index in [1.54, 1.807) is 11.3 Å². The van der Waals surface area contributed by atoms with Crippen LogP contribution in [0.2, 0.25) is 0 Å². The van der Waals surface area contributed by atoms with Gasteiger partial charge in [0.05, 0.1) is 17.2 Å². The number of aliphatic hydroxyl groups excluding tert-OH is 1. The third-order valence-electron chi connectivity index (χ3n) is 4.22. The Morgan fingerprint density at radius 3 is 2.75 bits per heavy atom. The molecule has 0 aromatic carbocycles. The Morgan fingerprint density at radius 1 is 1.35 bits per heavy atom. The minimum atomic E-state index is 0.122. The van der Waals surface area contributed by atoms with E-state index in [-0.39, 0.29) is 6.61 Å². The number of hydrogen-bond donors (Lipinski definition) is 1. The van der Waals surface area contributed by atoms with Crippen molar-refractivity contribution in [1.82, 2.24) is 4.98 Å². The highest BCUT2D eigenvalue weighted by molar-refractivity contribution is 7.15. The molecule has 1 fully saturated rings. The van der Waals surface area contributed by atoms with Gasteiger partial charge in [0.25, 0.3) is 0 Å². The van der Waals surface area contributed by atoms with Crippen molar-refractivity contribution in [2.75, 3.05) is 18.0 Å². The van der Waals surface area contributed by atoms with Crippen LogP contribution in [0.25, 0.3) is 0 Å². The summed E-state index contributed by atoms with van der Waals surface area (Å²) in [5, 5.41) is 10.6. The smallest absolute Gasteiger partial charge is 0.185 e. The minimum absolute atomic E-state index is 0.122. The molecule has 0 aliphatic carbocycles. The normalized spacial score (nSPS) is 20.4. The Bertz CT molecular complexity index is 417. The van der Waals surface area contributed by atoms with E-state index >= 15 is 0 Å². The molecule has 4 heteroatoms. The van der Waals surface area contributed by atoms with Crippen molar-refractivity contribution in [1.29, 1.82) is 0 Å². The molecule has 0 bridgehead atoms. The van der Waals surface area contributed by atoms with Crippen molar-refractivity contribution >= 4 is 16.5 Å². The lowest BCUT2D eigenvalue weighted by atomic mass is 9.96. The van der Waals surface area contributed by atoms with E-state index in [1.807, 2.05) is 0 Å². The first-order valence-corrected chi connectivity index (χ1v) is 8.82. The van der Waals surface area contributed by atoms with Crippen LogP contribution in [-0.4, -0.2) is 23.2 Å². The molecule has 1 unspecified atom stereocenters. The van der Waals surface area contributed by atoms with Gasteiger partial charge in [-0.1, -0.05) is 44.9 Å². The zero-order valence-corrected chi connectivity index (χ0v) is 13.9. The zero-order valence-electron chi connectivity index (χ0n) is 13.1. The van der Waals surface area contributed by atoms with Crippen LogP contribution < -0.4 is 4.90 Å². The molecule has 2 rings (SSSR count). The molecule has 1 aromatic heterocycles. The third-order valence-corrected chi connectivity index (χ3v) is 5.34. The van der Waals surface area contributed by atoms with E-state index in [0.717, 1.165) is 34.7 Å². The third kappa shape index (κ3) is 3.73. The van der Waals surface area contributed by atoms with Crippen molar-refractivity contribution in [2.24, 2.45) is 5.92 Å². The molecule has 1 aliphatic rings. The molecule has 0 amide bonds. The van der Waals surface area contributed by atoms with Gasteiger partial charge < -0.3 is 10.0 Å². The molecule has 1 atom stereocenters. The first kappa shape index (κ1) is 15.8. The van der Waals surface area contributed by atoms with Gasteiger partial charge in [-0.15, -0.1) is 0 Å². The molecule has 0 radical (unpaired) electrons. The lowest BCUT2D eigenvalue weighted by molar-refractivity contribution is 0.283. The number of nitrogens with zero attached hydrogens (tertiary/aromatic N) is 2. The summed E-state index contributed by atoms with van der Waals surface area (Å²) in [5.74, 6) is 1.29. The Labute approximate surface area is 127 Å². The fraction of sp³-hybridized carbons (Fsp3) is 0.812. The maximum Gasteiger partial charge on any atom is 0.185 e. The number of anilines is 1. The van der Waals surface area contributed by atoms with Crippen molar-refractivity contribution in [3.63, 3.8) is 0 Å². The van der Waals surface area contributed by atoms with Gasteiger partial charge in [-0.05, 0) is 31.1 Å². The second-order valence-electron chi connectivity index (χ2n) is 6.19. The maximum absolute atomic E-state index is 9.50. The average Bonchev–Trinajstić information content (AvgIpc) is 2.73. The quantitative estimate of drug-likeness (QED) is 0.886. The van der Waals surface area contributed by atoms with Gasteiger partial charge in [-0.3, -0.25) is 0 Å². The summed E-state index contributed by atoms with van der Waals surface area (Å²) in [6.07, 6.45) is 6.59. The number of rotatable bonds is 5. The number of aromatic nitrogens is 1. The fourth-order valence-electron chi connectivity index (χ4n) is 3.10. The molecule has 0 spiro atoms. The predicted molar refractivity (Wildman–Crippen MR) is 86.6 cm³/mol. The van der Waals surface area contributed by atoms with E-state index in [0.29, 0.717) is 5.92 Å². The molecule has 1 aliphatic heterocycles. The molecule has 3 nitrogen and oxygen atoms in total. The summed E-state index contributed by atoms with van der Waals surface area (Å²) >= 11 is 1.68. The van der Waals surface area contributed by atoms with Gasteiger partial charge in [0.2, 0.25) is 0 Å². The number of aliphatic hydroxyl groups is 1. The number of thiazole rings is 1. The minimum Gasteiger partial charge on any atom is -0.391 e. The second kappa shape index (κ2) is 7.41. The molecule has 1 N–H and O–H groups in total. The fourth-order valence-corrected chi connectivity index (χ4v) is 4.23. The van der Waals surface area contributed by atoms with Crippen molar-refractivity contribution < 1.29 is 5.11 Å². The topological polar surface area (TPSA) is 36.4 Å². The van der Waals surface area contributed by atoms with Crippen LogP contribution in [0.1, 0.15) is 69.4 Å². The summed E-state index contributed by atoms with van der Waals surface area (Å²) in [7, 11) is 0. The van der Waals surface area contributed by atoms with Crippen molar-refractivity contribution in [3.8, 4) is 0 Å². The average molecular weight is 296 g/mol. The van der Waals surface area contributed by atoms with Gasteiger partial charge in [-0.2, -0.15) is 0 Å². The monoisotopic (exact) mass is 296 g/mol. The molecule has 2 heterocycles. The summed E-state index contributed by atoms with van der Waals surface area (Å²) in [4.78, 5) is 8.28. The molecule has 1 saturated heterocycles. The van der Waals surface area contributed by atoms with E-state index in [4.69, 9.17) is 4.98 Å². The second-order valence-corrected chi connectivity index (χ2v) is 7.25. The standard InChI is InChI=1S/C16H28N2OS/c1-4-6-13-7-5-9-18(10-8-13)16-17-15(12(2)3)14(11-19)20-16/h12-13,19H,4-11H2,1-3H3. The van der Waals surface area contributed by atoms with Crippen LogP contribution in [0.15, 0.2) is 0 Å². The van der Waals surface area contributed by atoms with E-state index < -0.39 is 0 Å². The maximum atomic E-state index is 9.50. The Hall–Kier alpha value is -0.610. The lowest BCUT2D eigenvalue weighted by Gasteiger charge is -2.19.